The third-order valence-corrected chi connectivity index (χ3v) is 3.94. The third-order valence-electron chi connectivity index (χ3n) is 3.94. The second-order valence-electron chi connectivity index (χ2n) is 5.58. The van der Waals surface area contributed by atoms with E-state index in [-0.39, 0.29) is 11.8 Å². The average Bonchev–Trinajstić information content (AvgIpc) is 3.31. The number of piperidine rings is 1. The molecular weight excluding hydrogens is 252 g/mol. The van der Waals surface area contributed by atoms with Crippen LogP contribution < -0.4 is 10.2 Å². The minimum atomic E-state index is 0.0694. The van der Waals surface area contributed by atoms with Crippen molar-refractivity contribution < 1.29 is 4.79 Å². The van der Waals surface area contributed by atoms with Gasteiger partial charge in [0, 0.05) is 19.1 Å². The summed E-state index contributed by atoms with van der Waals surface area (Å²) in [7, 11) is 0. The molecule has 1 saturated heterocycles. The highest BCUT2D eigenvalue weighted by Crippen LogP contribution is 2.25. The highest BCUT2D eigenvalue weighted by molar-refractivity contribution is 5.80. The van der Waals surface area contributed by atoms with Gasteiger partial charge in [-0.15, -0.1) is 0 Å². The molecule has 1 N–H and O–H groups in total. The lowest BCUT2D eigenvalue weighted by Crippen LogP contribution is -2.43. The molecule has 1 atom stereocenters. The molecule has 0 spiro atoms. The van der Waals surface area contributed by atoms with Crippen molar-refractivity contribution in [1.82, 2.24) is 10.3 Å². The molecule has 2 aliphatic rings. The van der Waals surface area contributed by atoms with E-state index >= 15 is 0 Å². The second kappa shape index (κ2) is 5.49. The number of hydrogen-bond donors (Lipinski definition) is 1. The number of aromatic nitrogens is 1. The Balaban J connectivity index is 1.64. The maximum absolute atomic E-state index is 12.1. The number of hydrogen-bond acceptors (Lipinski definition) is 4. The smallest absolute Gasteiger partial charge is 0.225 e. The first-order valence-electron chi connectivity index (χ1n) is 7.18. The zero-order valence-corrected chi connectivity index (χ0v) is 11.4. The van der Waals surface area contributed by atoms with Crippen LogP contribution in [0, 0.1) is 17.2 Å². The number of nitrogens with one attached hydrogen (secondary N) is 1. The van der Waals surface area contributed by atoms with E-state index in [1.54, 1.807) is 12.3 Å². The third kappa shape index (κ3) is 2.90. The van der Waals surface area contributed by atoms with Gasteiger partial charge >= 0.3 is 0 Å². The molecule has 20 heavy (non-hydrogen) atoms. The van der Waals surface area contributed by atoms with Crippen LogP contribution in [0.1, 0.15) is 31.4 Å². The van der Waals surface area contributed by atoms with Crippen molar-refractivity contribution >= 4 is 11.6 Å². The Morgan fingerprint density at radius 2 is 2.25 bits per heavy atom. The van der Waals surface area contributed by atoms with E-state index in [9.17, 15) is 4.79 Å². The van der Waals surface area contributed by atoms with Crippen LogP contribution in [0.5, 0.6) is 0 Å². The first-order valence-corrected chi connectivity index (χ1v) is 7.18. The van der Waals surface area contributed by atoms with Crippen molar-refractivity contribution in [3.05, 3.63) is 24.0 Å². The fraction of sp³-hybridized carbons (Fsp3) is 0.533. The van der Waals surface area contributed by atoms with E-state index in [0.29, 0.717) is 11.7 Å². The molecule has 2 heterocycles. The lowest BCUT2D eigenvalue weighted by Gasteiger charge is -2.33. The minimum Gasteiger partial charge on any atom is -0.369 e. The van der Waals surface area contributed by atoms with Crippen LogP contribution >= 0.6 is 0 Å². The predicted octanol–water partition coefficient (Wildman–Crippen LogP) is 1.45. The minimum absolute atomic E-state index is 0.0694. The molecule has 0 radical (unpaired) electrons. The van der Waals surface area contributed by atoms with Gasteiger partial charge in [0.15, 0.2) is 0 Å². The maximum Gasteiger partial charge on any atom is 0.225 e. The summed E-state index contributed by atoms with van der Waals surface area (Å²) in [5.41, 5.74) is 1.42. The van der Waals surface area contributed by atoms with Crippen molar-refractivity contribution in [3.63, 3.8) is 0 Å². The summed E-state index contributed by atoms with van der Waals surface area (Å²) >= 11 is 0. The van der Waals surface area contributed by atoms with Crippen molar-refractivity contribution in [2.45, 2.75) is 31.7 Å². The molecule has 5 heteroatoms. The molecule has 1 aromatic heterocycles. The molecule has 1 saturated carbocycles. The Morgan fingerprint density at radius 1 is 1.40 bits per heavy atom. The number of pyridine rings is 1. The SMILES string of the molecule is N#Cc1ccc(N2CCCC(C(=O)NC3CC3)C2)cn1. The fourth-order valence-corrected chi connectivity index (χ4v) is 2.61. The average molecular weight is 270 g/mol. The van der Waals surface area contributed by atoms with Crippen LogP contribution in [0.15, 0.2) is 18.3 Å². The van der Waals surface area contributed by atoms with Gasteiger partial charge in [-0.2, -0.15) is 5.26 Å². The number of carbonyl (C=O) groups excluding carboxylic acids is 1. The first kappa shape index (κ1) is 12.9. The molecule has 104 valence electrons. The summed E-state index contributed by atoms with van der Waals surface area (Å²) in [6.45, 7) is 1.69. The predicted molar refractivity (Wildman–Crippen MR) is 75.1 cm³/mol. The van der Waals surface area contributed by atoms with Crippen LogP contribution in [0.3, 0.4) is 0 Å². The topological polar surface area (TPSA) is 69.0 Å². The normalized spacial score (nSPS) is 22.1. The highest BCUT2D eigenvalue weighted by atomic mass is 16.2. The summed E-state index contributed by atoms with van der Waals surface area (Å²) in [5.74, 6) is 0.263. The molecule has 3 rings (SSSR count). The van der Waals surface area contributed by atoms with Gasteiger partial charge in [0.25, 0.3) is 0 Å². The zero-order valence-electron chi connectivity index (χ0n) is 11.4. The summed E-state index contributed by atoms with van der Waals surface area (Å²) in [5, 5.41) is 11.9. The van der Waals surface area contributed by atoms with E-state index in [4.69, 9.17) is 5.26 Å². The fourth-order valence-electron chi connectivity index (χ4n) is 2.61. The monoisotopic (exact) mass is 270 g/mol. The van der Waals surface area contributed by atoms with Crippen molar-refractivity contribution in [2.75, 3.05) is 18.0 Å². The summed E-state index contributed by atoms with van der Waals surface area (Å²) in [6.07, 6.45) is 5.95. The Labute approximate surface area is 118 Å². The molecule has 1 aliphatic carbocycles. The van der Waals surface area contributed by atoms with Gasteiger partial charge in [-0.05, 0) is 37.8 Å². The zero-order chi connectivity index (χ0) is 13.9. The molecule has 0 bridgehead atoms. The lowest BCUT2D eigenvalue weighted by atomic mass is 9.96. The van der Waals surface area contributed by atoms with Gasteiger partial charge in [0.1, 0.15) is 11.8 Å². The number of anilines is 1. The van der Waals surface area contributed by atoms with E-state index in [2.05, 4.69) is 15.2 Å². The van der Waals surface area contributed by atoms with Crippen molar-refractivity contribution in [3.8, 4) is 6.07 Å². The lowest BCUT2D eigenvalue weighted by molar-refractivity contribution is -0.125. The van der Waals surface area contributed by atoms with Crippen LogP contribution in [0.4, 0.5) is 5.69 Å². The van der Waals surface area contributed by atoms with Gasteiger partial charge in [0.2, 0.25) is 5.91 Å². The quantitative estimate of drug-likeness (QED) is 0.902. The van der Waals surface area contributed by atoms with Crippen LogP contribution in [0.25, 0.3) is 0 Å². The molecule has 5 nitrogen and oxygen atoms in total. The van der Waals surface area contributed by atoms with Crippen molar-refractivity contribution in [1.29, 1.82) is 5.26 Å². The van der Waals surface area contributed by atoms with E-state index in [1.165, 1.54) is 0 Å². The Kier molecular flexibility index (Phi) is 3.55. The number of nitrogens with zero attached hydrogens (tertiary/aromatic N) is 3. The largest absolute Gasteiger partial charge is 0.369 e. The molecule has 1 aromatic rings. The molecule has 1 aliphatic heterocycles. The maximum atomic E-state index is 12.1. The summed E-state index contributed by atoms with van der Waals surface area (Å²) in [4.78, 5) is 18.4. The molecule has 1 amide bonds. The number of carbonyl (C=O) groups is 1. The van der Waals surface area contributed by atoms with Crippen LogP contribution in [0.2, 0.25) is 0 Å². The Bertz CT molecular complexity index is 530. The van der Waals surface area contributed by atoms with Gasteiger partial charge in [-0.1, -0.05) is 0 Å². The Morgan fingerprint density at radius 3 is 2.90 bits per heavy atom. The molecule has 2 fully saturated rings. The molecule has 0 aromatic carbocycles. The molecule has 1 unspecified atom stereocenters. The van der Waals surface area contributed by atoms with Crippen LogP contribution in [-0.2, 0) is 4.79 Å². The Hall–Kier alpha value is -2.09. The van der Waals surface area contributed by atoms with E-state index < -0.39 is 0 Å². The second-order valence-corrected chi connectivity index (χ2v) is 5.58. The number of nitriles is 1. The van der Waals surface area contributed by atoms with Gasteiger partial charge < -0.3 is 10.2 Å². The van der Waals surface area contributed by atoms with Gasteiger partial charge in [-0.25, -0.2) is 4.98 Å². The van der Waals surface area contributed by atoms with Crippen molar-refractivity contribution in [2.24, 2.45) is 5.92 Å². The molecular formula is C15H18N4O. The standard InChI is InChI=1S/C15H18N4O/c16-8-13-5-6-14(9-17-13)19-7-1-2-11(10-19)15(20)18-12-3-4-12/h5-6,9,11-12H,1-4,7,10H2,(H,18,20). The number of amides is 1. The van der Waals surface area contributed by atoms with Gasteiger partial charge in [0.05, 0.1) is 17.8 Å². The highest BCUT2D eigenvalue weighted by Gasteiger charge is 2.30. The first-order chi connectivity index (χ1) is 9.76. The summed E-state index contributed by atoms with van der Waals surface area (Å²) in [6, 6.07) is 6.08. The van der Waals surface area contributed by atoms with E-state index in [0.717, 1.165) is 44.5 Å². The van der Waals surface area contributed by atoms with E-state index in [1.807, 2.05) is 12.1 Å². The number of rotatable bonds is 3. The summed E-state index contributed by atoms with van der Waals surface area (Å²) < 4.78 is 0. The van der Waals surface area contributed by atoms with Gasteiger partial charge in [-0.3, -0.25) is 4.79 Å². The van der Waals surface area contributed by atoms with Crippen LogP contribution in [-0.4, -0.2) is 30.0 Å².